The average Bonchev–Trinajstić information content (AvgIpc) is 2.81. The predicted octanol–water partition coefficient (Wildman–Crippen LogP) is 2.66. The number of hydrogen-bond donors (Lipinski definition) is 2. The summed E-state index contributed by atoms with van der Waals surface area (Å²) in [5.74, 6) is 2.32. The number of ether oxygens (including phenoxy) is 3. The number of rotatable bonds is 9. The Hall–Kier alpha value is -2.77. The van der Waals surface area contributed by atoms with Crippen LogP contribution in [0, 0.1) is 0 Å². The standard InChI is InChI=1S/C24H34N4O3/c1-19(31-23-10-6-9-22(15-23)29-3)16-26-24(25-2)27-17-20-7-4-5-8-21(20)18-28-11-13-30-14-12-28/h4-10,15,19H,11-14,16-18H2,1-3H3,(H2,25,26,27). The van der Waals surface area contributed by atoms with Crippen molar-refractivity contribution in [2.45, 2.75) is 26.1 Å². The van der Waals surface area contributed by atoms with Gasteiger partial charge < -0.3 is 24.8 Å². The highest BCUT2D eigenvalue weighted by Gasteiger charge is 2.13. The number of aliphatic imine (C=N–C) groups is 1. The maximum Gasteiger partial charge on any atom is 0.191 e. The molecule has 7 heteroatoms. The van der Waals surface area contributed by atoms with Gasteiger partial charge in [-0.25, -0.2) is 0 Å². The van der Waals surface area contributed by atoms with Crippen molar-refractivity contribution >= 4 is 5.96 Å². The molecule has 1 aliphatic rings. The summed E-state index contributed by atoms with van der Waals surface area (Å²) in [5.41, 5.74) is 2.61. The predicted molar refractivity (Wildman–Crippen MR) is 124 cm³/mol. The molecule has 1 heterocycles. The molecule has 0 amide bonds. The lowest BCUT2D eigenvalue weighted by Crippen LogP contribution is -2.41. The summed E-state index contributed by atoms with van der Waals surface area (Å²) in [6, 6.07) is 16.2. The Morgan fingerprint density at radius 2 is 1.81 bits per heavy atom. The summed E-state index contributed by atoms with van der Waals surface area (Å²) in [6.07, 6.45) is -0.0285. The third-order valence-corrected chi connectivity index (χ3v) is 5.22. The Morgan fingerprint density at radius 3 is 2.55 bits per heavy atom. The van der Waals surface area contributed by atoms with Crippen LogP contribution in [0.3, 0.4) is 0 Å². The molecule has 168 valence electrons. The van der Waals surface area contributed by atoms with Gasteiger partial charge in [0.2, 0.25) is 0 Å². The Bertz CT molecular complexity index is 837. The van der Waals surface area contributed by atoms with Gasteiger partial charge >= 0.3 is 0 Å². The van der Waals surface area contributed by atoms with E-state index in [1.54, 1.807) is 14.2 Å². The highest BCUT2D eigenvalue weighted by atomic mass is 16.5. The molecule has 0 aliphatic carbocycles. The van der Waals surface area contributed by atoms with E-state index in [9.17, 15) is 0 Å². The molecule has 31 heavy (non-hydrogen) atoms. The molecule has 1 atom stereocenters. The summed E-state index contributed by atoms with van der Waals surface area (Å²) >= 11 is 0. The van der Waals surface area contributed by atoms with Crippen LogP contribution in [0.5, 0.6) is 11.5 Å². The summed E-state index contributed by atoms with van der Waals surface area (Å²) in [7, 11) is 3.43. The summed E-state index contributed by atoms with van der Waals surface area (Å²) < 4.78 is 16.7. The summed E-state index contributed by atoms with van der Waals surface area (Å²) in [5, 5.41) is 6.77. The van der Waals surface area contributed by atoms with Crippen LogP contribution in [0.4, 0.5) is 0 Å². The SMILES string of the molecule is CN=C(NCc1ccccc1CN1CCOCC1)NCC(C)Oc1cccc(OC)c1. The van der Waals surface area contributed by atoms with E-state index in [0.717, 1.165) is 50.3 Å². The Kier molecular flexibility index (Phi) is 8.99. The van der Waals surface area contributed by atoms with Crippen molar-refractivity contribution in [2.24, 2.45) is 4.99 Å². The number of morpholine rings is 1. The highest BCUT2D eigenvalue weighted by Crippen LogP contribution is 2.19. The number of benzene rings is 2. The van der Waals surface area contributed by atoms with E-state index in [0.29, 0.717) is 13.1 Å². The first-order chi connectivity index (χ1) is 15.2. The van der Waals surface area contributed by atoms with E-state index in [-0.39, 0.29) is 6.10 Å². The third-order valence-electron chi connectivity index (χ3n) is 5.22. The minimum absolute atomic E-state index is 0.0285. The summed E-state index contributed by atoms with van der Waals surface area (Å²) in [6.45, 7) is 7.90. The number of guanidine groups is 1. The zero-order valence-corrected chi connectivity index (χ0v) is 18.8. The molecule has 1 aliphatic heterocycles. The normalized spacial score (nSPS) is 15.9. The second-order valence-corrected chi connectivity index (χ2v) is 7.57. The lowest BCUT2D eigenvalue weighted by Gasteiger charge is -2.27. The number of methoxy groups -OCH3 is 1. The van der Waals surface area contributed by atoms with Crippen LogP contribution >= 0.6 is 0 Å². The van der Waals surface area contributed by atoms with Gasteiger partial charge in [-0.05, 0) is 30.2 Å². The zero-order chi connectivity index (χ0) is 21.9. The van der Waals surface area contributed by atoms with Crippen molar-refractivity contribution in [3.05, 3.63) is 59.7 Å². The van der Waals surface area contributed by atoms with Gasteiger partial charge in [-0.2, -0.15) is 0 Å². The van der Waals surface area contributed by atoms with Gasteiger partial charge in [-0.3, -0.25) is 9.89 Å². The molecular formula is C24H34N4O3. The van der Waals surface area contributed by atoms with E-state index < -0.39 is 0 Å². The van der Waals surface area contributed by atoms with Gasteiger partial charge in [0, 0.05) is 39.3 Å². The van der Waals surface area contributed by atoms with Gasteiger partial charge in [-0.1, -0.05) is 30.3 Å². The highest BCUT2D eigenvalue weighted by molar-refractivity contribution is 5.79. The molecule has 0 aromatic heterocycles. The molecule has 1 saturated heterocycles. The van der Waals surface area contributed by atoms with Crippen molar-refractivity contribution in [3.8, 4) is 11.5 Å². The van der Waals surface area contributed by atoms with Crippen LogP contribution in [-0.4, -0.2) is 64.0 Å². The maximum absolute atomic E-state index is 5.98. The number of nitrogens with one attached hydrogen (secondary N) is 2. The van der Waals surface area contributed by atoms with Gasteiger partial charge in [0.05, 0.1) is 26.9 Å². The fourth-order valence-electron chi connectivity index (χ4n) is 3.47. The summed E-state index contributed by atoms with van der Waals surface area (Å²) in [4.78, 5) is 6.78. The Balaban J connectivity index is 1.48. The molecule has 1 fully saturated rings. The van der Waals surface area contributed by atoms with Crippen LogP contribution in [-0.2, 0) is 17.8 Å². The van der Waals surface area contributed by atoms with Crippen LogP contribution in [0.15, 0.2) is 53.5 Å². The van der Waals surface area contributed by atoms with Gasteiger partial charge in [0.25, 0.3) is 0 Å². The molecule has 2 N–H and O–H groups in total. The Morgan fingerprint density at radius 1 is 1.06 bits per heavy atom. The molecule has 2 aromatic carbocycles. The lowest BCUT2D eigenvalue weighted by atomic mass is 10.1. The van der Waals surface area contributed by atoms with Crippen LogP contribution < -0.4 is 20.1 Å². The average molecular weight is 427 g/mol. The van der Waals surface area contributed by atoms with E-state index in [2.05, 4.69) is 44.8 Å². The second-order valence-electron chi connectivity index (χ2n) is 7.57. The first kappa shape index (κ1) is 22.9. The monoisotopic (exact) mass is 426 g/mol. The lowest BCUT2D eigenvalue weighted by molar-refractivity contribution is 0.0341. The van der Waals surface area contributed by atoms with E-state index in [1.807, 2.05) is 31.2 Å². The molecule has 0 radical (unpaired) electrons. The van der Waals surface area contributed by atoms with Crippen molar-refractivity contribution in [3.63, 3.8) is 0 Å². The van der Waals surface area contributed by atoms with Gasteiger partial charge in [0.1, 0.15) is 17.6 Å². The first-order valence-electron chi connectivity index (χ1n) is 10.8. The van der Waals surface area contributed by atoms with Crippen molar-refractivity contribution in [1.29, 1.82) is 0 Å². The molecule has 3 rings (SSSR count). The van der Waals surface area contributed by atoms with E-state index >= 15 is 0 Å². The number of hydrogen-bond acceptors (Lipinski definition) is 5. The minimum atomic E-state index is -0.0285. The van der Waals surface area contributed by atoms with Gasteiger partial charge in [0.15, 0.2) is 5.96 Å². The van der Waals surface area contributed by atoms with Crippen LogP contribution in [0.2, 0.25) is 0 Å². The van der Waals surface area contributed by atoms with Crippen molar-refractivity contribution in [1.82, 2.24) is 15.5 Å². The molecule has 0 spiro atoms. The largest absolute Gasteiger partial charge is 0.497 e. The van der Waals surface area contributed by atoms with Crippen molar-refractivity contribution in [2.75, 3.05) is 47.0 Å². The van der Waals surface area contributed by atoms with Crippen LogP contribution in [0.1, 0.15) is 18.1 Å². The van der Waals surface area contributed by atoms with E-state index in [1.165, 1.54) is 11.1 Å². The third kappa shape index (κ3) is 7.45. The first-order valence-corrected chi connectivity index (χ1v) is 10.8. The van der Waals surface area contributed by atoms with E-state index in [4.69, 9.17) is 14.2 Å². The zero-order valence-electron chi connectivity index (χ0n) is 18.8. The van der Waals surface area contributed by atoms with Gasteiger partial charge in [-0.15, -0.1) is 0 Å². The second kappa shape index (κ2) is 12.2. The minimum Gasteiger partial charge on any atom is -0.497 e. The smallest absolute Gasteiger partial charge is 0.191 e. The Labute approximate surface area is 185 Å². The van der Waals surface area contributed by atoms with Crippen LogP contribution in [0.25, 0.3) is 0 Å². The fourth-order valence-corrected chi connectivity index (χ4v) is 3.47. The quantitative estimate of drug-likeness (QED) is 0.475. The molecular weight excluding hydrogens is 392 g/mol. The molecule has 2 aromatic rings. The molecule has 7 nitrogen and oxygen atoms in total. The number of nitrogens with zero attached hydrogens (tertiary/aromatic N) is 2. The molecule has 0 saturated carbocycles. The molecule has 0 bridgehead atoms. The topological polar surface area (TPSA) is 67.4 Å². The van der Waals surface area contributed by atoms with Crippen molar-refractivity contribution < 1.29 is 14.2 Å². The molecule has 1 unspecified atom stereocenters. The fraction of sp³-hybridized carbons (Fsp3) is 0.458. The maximum atomic E-state index is 5.98.